The minimum atomic E-state index is 0.316. The number of hydrogen-bond donors (Lipinski definition) is 1. The summed E-state index contributed by atoms with van der Waals surface area (Å²) in [6, 6.07) is 1.30. The van der Waals surface area contributed by atoms with Gasteiger partial charge in [-0.05, 0) is 19.3 Å². The van der Waals surface area contributed by atoms with Gasteiger partial charge in [-0.1, -0.05) is 0 Å². The second kappa shape index (κ2) is 3.73. The third-order valence-corrected chi connectivity index (χ3v) is 2.97. The number of fused-ring (bicyclic) bond motifs is 2. The Labute approximate surface area is 73.3 Å². The summed E-state index contributed by atoms with van der Waals surface area (Å²) in [5.74, 6) is 0. The Morgan fingerprint density at radius 2 is 1.92 bits per heavy atom. The van der Waals surface area contributed by atoms with Crippen LogP contribution in [0.3, 0.4) is 0 Å². The Balaban J connectivity index is 1.87. The van der Waals surface area contributed by atoms with Crippen LogP contribution in [0.25, 0.3) is 0 Å². The number of ether oxygens (including phenoxy) is 1. The number of rotatable bonds is 3. The highest BCUT2D eigenvalue weighted by atomic mass is 16.5. The van der Waals surface area contributed by atoms with E-state index in [4.69, 9.17) is 9.84 Å². The number of nitrogens with zero attached hydrogens (tertiary/aromatic N) is 1. The average molecular weight is 171 g/mol. The molecule has 2 aliphatic rings. The fourth-order valence-corrected chi connectivity index (χ4v) is 2.33. The van der Waals surface area contributed by atoms with Gasteiger partial charge in [-0.25, -0.2) is 0 Å². The maximum absolute atomic E-state index is 8.73. The van der Waals surface area contributed by atoms with Crippen LogP contribution < -0.4 is 0 Å². The zero-order valence-corrected chi connectivity index (χ0v) is 7.41. The Kier molecular flexibility index (Phi) is 2.63. The fourth-order valence-electron chi connectivity index (χ4n) is 2.33. The van der Waals surface area contributed by atoms with E-state index in [2.05, 4.69) is 4.90 Å². The van der Waals surface area contributed by atoms with Gasteiger partial charge < -0.3 is 9.84 Å². The molecule has 3 nitrogen and oxygen atoms in total. The molecule has 12 heavy (non-hydrogen) atoms. The van der Waals surface area contributed by atoms with Crippen LogP contribution in [0.2, 0.25) is 0 Å². The molecule has 2 unspecified atom stereocenters. The lowest BCUT2D eigenvalue weighted by Crippen LogP contribution is -2.46. The highest BCUT2D eigenvalue weighted by molar-refractivity contribution is 4.90. The van der Waals surface area contributed by atoms with Crippen LogP contribution in [0.5, 0.6) is 0 Å². The average Bonchev–Trinajstić information content (AvgIpc) is 2.36. The molecule has 0 aromatic heterocycles. The summed E-state index contributed by atoms with van der Waals surface area (Å²) in [6.45, 7) is 3.18. The van der Waals surface area contributed by atoms with Crippen molar-refractivity contribution in [1.82, 2.24) is 4.90 Å². The molecule has 2 bridgehead atoms. The molecule has 0 saturated carbocycles. The predicted molar refractivity (Wildman–Crippen MR) is 46.0 cm³/mol. The van der Waals surface area contributed by atoms with Crippen molar-refractivity contribution < 1.29 is 9.84 Å². The van der Waals surface area contributed by atoms with Crippen LogP contribution >= 0.6 is 0 Å². The van der Waals surface area contributed by atoms with E-state index in [1.54, 1.807) is 0 Å². The van der Waals surface area contributed by atoms with Crippen molar-refractivity contribution in [2.75, 3.05) is 26.4 Å². The first-order chi connectivity index (χ1) is 5.92. The van der Waals surface area contributed by atoms with Gasteiger partial charge in [0.15, 0.2) is 0 Å². The van der Waals surface area contributed by atoms with Gasteiger partial charge in [-0.3, -0.25) is 4.90 Å². The summed E-state index contributed by atoms with van der Waals surface area (Å²) in [4.78, 5) is 2.51. The SMILES string of the molecule is OCCCN1C2CCC1COC2. The maximum atomic E-state index is 8.73. The van der Waals surface area contributed by atoms with Crippen LogP contribution in [0.15, 0.2) is 0 Å². The summed E-state index contributed by atoms with van der Waals surface area (Å²) in [5.41, 5.74) is 0. The summed E-state index contributed by atoms with van der Waals surface area (Å²) in [7, 11) is 0. The Morgan fingerprint density at radius 1 is 1.25 bits per heavy atom. The maximum Gasteiger partial charge on any atom is 0.0622 e. The first-order valence-corrected chi connectivity index (χ1v) is 4.86. The van der Waals surface area contributed by atoms with Gasteiger partial charge in [-0.15, -0.1) is 0 Å². The summed E-state index contributed by atoms with van der Waals surface area (Å²) >= 11 is 0. The van der Waals surface area contributed by atoms with E-state index in [9.17, 15) is 0 Å². The van der Waals surface area contributed by atoms with Crippen LogP contribution in [-0.2, 0) is 4.74 Å². The molecule has 0 aromatic rings. The number of aliphatic hydroxyl groups excluding tert-OH is 1. The monoisotopic (exact) mass is 171 g/mol. The van der Waals surface area contributed by atoms with E-state index in [0.717, 1.165) is 26.2 Å². The normalized spacial score (nSPS) is 35.8. The highest BCUT2D eigenvalue weighted by Gasteiger charge is 2.36. The second-order valence-corrected chi connectivity index (χ2v) is 3.74. The lowest BCUT2D eigenvalue weighted by molar-refractivity contribution is -0.0164. The molecule has 0 radical (unpaired) electrons. The topological polar surface area (TPSA) is 32.7 Å². The van der Waals surface area contributed by atoms with Crippen molar-refractivity contribution in [2.24, 2.45) is 0 Å². The van der Waals surface area contributed by atoms with Crippen molar-refractivity contribution in [3.05, 3.63) is 0 Å². The zero-order chi connectivity index (χ0) is 8.39. The second-order valence-electron chi connectivity index (χ2n) is 3.74. The van der Waals surface area contributed by atoms with E-state index in [1.807, 2.05) is 0 Å². The lowest BCUT2D eigenvalue weighted by Gasteiger charge is -2.34. The summed E-state index contributed by atoms with van der Waals surface area (Å²) in [6.07, 6.45) is 3.49. The van der Waals surface area contributed by atoms with Crippen LogP contribution in [-0.4, -0.2) is 48.5 Å². The van der Waals surface area contributed by atoms with Crippen molar-refractivity contribution in [1.29, 1.82) is 0 Å². The molecule has 2 saturated heterocycles. The third-order valence-electron chi connectivity index (χ3n) is 2.97. The Bertz CT molecular complexity index is 135. The molecule has 0 aliphatic carbocycles. The molecule has 70 valence electrons. The van der Waals surface area contributed by atoms with Crippen molar-refractivity contribution in [2.45, 2.75) is 31.3 Å². The third kappa shape index (κ3) is 1.49. The Morgan fingerprint density at radius 3 is 2.50 bits per heavy atom. The van der Waals surface area contributed by atoms with Gasteiger partial charge in [-0.2, -0.15) is 0 Å². The first-order valence-electron chi connectivity index (χ1n) is 4.86. The zero-order valence-electron chi connectivity index (χ0n) is 7.41. The molecule has 2 rings (SSSR count). The molecule has 2 fully saturated rings. The first kappa shape index (κ1) is 8.48. The lowest BCUT2D eigenvalue weighted by atomic mass is 10.2. The molecule has 0 spiro atoms. The quantitative estimate of drug-likeness (QED) is 0.660. The highest BCUT2D eigenvalue weighted by Crippen LogP contribution is 2.28. The molecule has 0 aromatic carbocycles. The van der Waals surface area contributed by atoms with E-state index in [0.29, 0.717) is 18.7 Å². The van der Waals surface area contributed by atoms with Crippen molar-refractivity contribution in [3.63, 3.8) is 0 Å². The standard InChI is InChI=1S/C9H17NO2/c11-5-1-4-10-8-2-3-9(10)7-12-6-8/h8-9,11H,1-7H2. The van der Waals surface area contributed by atoms with Gasteiger partial charge in [0.05, 0.1) is 13.2 Å². The van der Waals surface area contributed by atoms with E-state index in [-0.39, 0.29) is 0 Å². The molecular formula is C9H17NO2. The van der Waals surface area contributed by atoms with Crippen LogP contribution in [0.4, 0.5) is 0 Å². The number of morpholine rings is 1. The molecule has 0 amide bonds. The minimum absolute atomic E-state index is 0.316. The molecule has 2 heterocycles. The summed E-state index contributed by atoms with van der Waals surface area (Å²) < 4.78 is 5.46. The number of hydrogen-bond acceptors (Lipinski definition) is 3. The molecule has 2 atom stereocenters. The Hall–Kier alpha value is -0.120. The van der Waals surface area contributed by atoms with Gasteiger partial charge in [0.1, 0.15) is 0 Å². The van der Waals surface area contributed by atoms with Gasteiger partial charge in [0.25, 0.3) is 0 Å². The van der Waals surface area contributed by atoms with E-state index in [1.165, 1.54) is 12.8 Å². The van der Waals surface area contributed by atoms with Gasteiger partial charge in [0.2, 0.25) is 0 Å². The van der Waals surface area contributed by atoms with Gasteiger partial charge in [0, 0.05) is 25.2 Å². The molecule has 3 heteroatoms. The molecular weight excluding hydrogens is 154 g/mol. The fraction of sp³-hybridized carbons (Fsp3) is 1.00. The summed E-state index contributed by atoms with van der Waals surface area (Å²) in [5, 5.41) is 8.73. The van der Waals surface area contributed by atoms with Crippen LogP contribution in [0.1, 0.15) is 19.3 Å². The van der Waals surface area contributed by atoms with Crippen LogP contribution in [0, 0.1) is 0 Å². The van der Waals surface area contributed by atoms with Crippen molar-refractivity contribution >= 4 is 0 Å². The predicted octanol–water partition coefficient (Wildman–Crippen LogP) is 0.232. The molecule has 1 N–H and O–H groups in total. The van der Waals surface area contributed by atoms with Crippen molar-refractivity contribution in [3.8, 4) is 0 Å². The largest absolute Gasteiger partial charge is 0.396 e. The van der Waals surface area contributed by atoms with Gasteiger partial charge >= 0.3 is 0 Å². The smallest absolute Gasteiger partial charge is 0.0622 e. The van der Waals surface area contributed by atoms with E-state index >= 15 is 0 Å². The minimum Gasteiger partial charge on any atom is -0.396 e. The molecule has 2 aliphatic heterocycles. The number of aliphatic hydroxyl groups is 1. The van der Waals surface area contributed by atoms with E-state index < -0.39 is 0 Å².